The van der Waals surface area contributed by atoms with Gasteiger partial charge < -0.3 is 0 Å². The first kappa shape index (κ1) is 13.7. The molecule has 0 fully saturated rings. The molecule has 0 aliphatic rings. The van der Waals surface area contributed by atoms with Crippen LogP contribution in [0.25, 0.3) is 10.9 Å². The molecular weight excluding hydrogens is 184 g/mol. The highest BCUT2D eigenvalue weighted by Gasteiger charge is 1.98. The molecule has 0 atom stereocenters. The zero-order valence-corrected chi connectivity index (χ0v) is 10.7. The van der Waals surface area contributed by atoms with E-state index in [0.29, 0.717) is 0 Å². The fourth-order valence-corrected chi connectivity index (χ4v) is 1.26. The Kier molecular flexibility index (Phi) is 6.43. The molecule has 0 saturated carbocycles. The molecular formula is C13H24N2. The molecule has 0 spiro atoms. The normalized spacial score (nSPS) is 8.67. The highest BCUT2D eigenvalue weighted by atomic mass is 15.1. The van der Waals surface area contributed by atoms with E-state index in [4.69, 9.17) is 0 Å². The second-order valence-electron chi connectivity index (χ2n) is 2.87. The minimum Gasteiger partial charge on any atom is -0.282 e. The third-order valence-corrected chi connectivity index (χ3v) is 1.90. The van der Waals surface area contributed by atoms with E-state index in [1.165, 1.54) is 10.9 Å². The van der Waals surface area contributed by atoms with Gasteiger partial charge in [-0.1, -0.05) is 39.8 Å². The van der Waals surface area contributed by atoms with Gasteiger partial charge in [0.05, 0.1) is 5.52 Å². The predicted molar refractivity (Wildman–Crippen MR) is 70.4 cm³/mol. The number of benzene rings is 1. The van der Waals surface area contributed by atoms with Gasteiger partial charge >= 0.3 is 0 Å². The Morgan fingerprint density at radius 1 is 1.07 bits per heavy atom. The van der Waals surface area contributed by atoms with Gasteiger partial charge in [0.15, 0.2) is 0 Å². The lowest BCUT2D eigenvalue weighted by molar-refractivity contribution is 1.07. The molecule has 15 heavy (non-hydrogen) atoms. The lowest BCUT2D eigenvalue weighted by atomic mass is 10.1. The van der Waals surface area contributed by atoms with Crippen molar-refractivity contribution in [2.45, 2.75) is 41.5 Å². The number of nitrogens with one attached hydrogen (secondary N) is 1. The van der Waals surface area contributed by atoms with Gasteiger partial charge in [0, 0.05) is 12.5 Å². The largest absolute Gasteiger partial charge is 0.282 e. The first-order valence-electron chi connectivity index (χ1n) is 5.69. The van der Waals surface area contributed by atoms with Crippen LogP contribution in [-0.2, 0) is 0 Å². The van der Waals surface area contributed by atoms with Crippen molar-refractivity contribution in [2.75, 3.05) is 0 Å². The molecule has 0 saturated heterocycles. The highest BCUT2D eigenvalue weighted by Crippen LogP contribution is 2.15. The molecule has 0 aliphatic carbocycles. The van der Waals surface area contributed by atoms with Crippen LogP contribution in [-0.4, -0.2) is 10.2 Å². The molecule has 1 aromatic heterocycles. The van der Waals surface area contributed by atoms with Crippen LogP contribution in [0, 0.1) is 13.8 Å². The van der Waals surface area contributed by atoms with Crippen LogP contribution in [0.2, 0.25) is 0 Å². The van der Waals surface area contributed by atoms with Gasteiger partial charge in [0.25, 0.3) is 0 Å². The Morgan fingerprint density at radius 2 is 1.67 bits per heavy atom. The van der Waals surface area contributed by atoms with Crippen molar-refractivity contribution in [3.8, 4) is 0 Å². The molecule has 1 heterocycles. The number of hydrogen-bond acceptors (Lipinski definition) is 1. The van der Waals surface area contributed by atoms with Gasteiger partial charge in [-0.15, -0.1) is 0 Å². The van der Waals surface area contributed by atoms with E-state index >= 15 is 0 Å². The highest BCUT2D eigenvalue weighted by molar-refractivity contribution is 5.81. The topological polar surface area (TPSA) is 28.7 Å². The van der Waals surface area contributed by atoms with Crippen LogP contribution < -0.4 is 0 Å². The minimum absolute atomic E-state index is 0. The summed E-state index contributed by atoms with van der Waals surface area (Å²) in [5, 5.41) is 8.33. The van der Waals surface area contributed by atoms with Crippen molar-refractivity contribution in [1.29, 1.82) is 0 Å². The van der Waals surface area contributed by atoms with Gasteiger partial charge in [-0.25, -0.2) is 0 Å². The molecule has 1 N–H and O–H groups in total. The number of aromatic nitrogens is 2. The van der Waals surface area contributed by atoms with Crippen molar-refractivity contribution < 1.29 is 1.43 Å². The van der Waals surface area contributed by atoms with Crippen LogP contribution in [0.3, 0.4) is 0 Å². The summed E-state index contributed by atoms with van der Waals surface area (Å²) in [6, 6.07) is 6.28. The van der Waals surface area contributed by atoms with Crippen molar-refractivity contribution in [1.82, 2.24) is 10.2 Å². The molecule has 0 amide bonds. The Morgan fingerprint density at radius 3 is 2.27 bits per heavy atom. The average Bonchev–Trinajstić information content (AvgIpc) is 2.65. The SMILES string of the molecule is CC.CC.Cc1ccc2c(C)[nH]nc2c1.[HH]. The Bertz CT molecular complexity index is 394. The lowest BCUT2D eigenvalue weighted by Gasteiger charge is -1.90. The summed E-state index contributed by atoms with van der Waals surface area (Å²) in [6.45, 7) is 12.1. The quantitative estimate of drug-likeness (QED) is 0.679. The molecule has 2 nitrogen and oxygen atoms in total. The lowest BCUT2D eigenvalue weighted by Crippen LogP contribution is -1.71. The zero-order chi connectivity index (χ0) is 11.8. The van der Waals surface area contributed by atoms with Crippen LogP contribution in [0.5, 0.6) is 0 Å². The third-order valence-electron chi connectivity index (χ3n) is 1.90. The Hall–Kier alpha value is -1.31. The second-order valence-corrected chi connectivity index (χ2v) is 2.87. The van der Waals surface area contributed by atoms with E-state index in [-0.39, 0.29) is 1.43 Å². The number of hydrogen-bond donors (Lipinski definition) is 1. The van der Waals surface area contributed by atoms with E-state index in [1.807, 2.05) is 34.6 Å². The van der Waals surface area contributed by atoms with Gasteiger partial charge in [-0.05, 0) is 25.5 Å². The maximum atomic E-state index is 4.15. The summed E-state index contributed by atoms with van der Waals surface area (Å²) in [4.78, 5) is 0. The fraction of sp³-hybridized carbons (Fsp3) is 0.462. The van der Waals surface area contributed by atoms with Gasteiger partial charge in [0.1, 0.15) is 0 Å². The summed E-state index contributed by atoms with van der Waals surface area (Å²) >= 11 is 0. The molecule has 2 heteroatoms. The van der Waals surface area contributed by atoms with E-state index in [2.05, 4.69) is 35.3 Å². The molecule has 2 rings (SSSR count). The van der Waals surface area contributed by atoms with E-state index in [1.54, 1.807) is 0 Å². The van der Waals surface area contributed by atoms with Crippen LogP contribution in [0.4, 0.5) is 0 Å². The monoisotopic (exact) mass is 208 g/mol. The average molecular weight is 208 g/mol. The summed E-state index contributed by atoms with van der Waals surface area (Å²) in [6.07, 6.45) is 0. The zero-order valence-electron chi connectivity index (χ0n) is 10.7. The summed E-state index contributed by atoms with van der Waals surface area (Å²) in [5.74, 6) is 0. The van der Waals surface area contributed by atoms with Crippen molar-refractivity contribution in [3.63, 3.8) is 0 Å². The van der Waals surface area contributed by atoms with Gasteiger partial charge in [-0.3, -0.25) is 5.10 Å². The van der Waals surface area contributed by atoms with Crippen molar-refractivity contribution in [2.24, 2.45) is 0 Å². The standard InChI is InChI=1S/C9H10N2.2C2H6.H2/c1-6-3-4-8-7(2)10-11-9(8)5-6;2*1-2;/h3-5H,1-2H3,(H,10,11);2*1-2H3;1H. The smallest absolute Gasteiger partial charge is 0.0926 e. The predicted octanol–water partition coefficient (Wildman–Crippen LogP) is 4.48. The minimum atomic E-state index is 0. The van der Waals surface area contributed by atoms with Crippen LogP contribution in [0.1, 0.15) is 40.4 Å². The van der Waals surface area contributed by atoms with E-state index in [9.17, 15) is 0 Å². The third kappa shape index (κ3) is 3.39. The molecule has 1 aromatic carbocycles. The van der Waals surface area contributed by atoms with Crippen LogP contribution in [0.15, 0.2) is 18.2 Å². The van der Waals surface area contributed by atoms with Gasteiger partial charge in [0.2, 0.25) is 0 Å². The van der Waals surface area contributed by atoms with E-state index in [0.717, 1.165) is 11.2 Å². The Balaban J connectivity index is 0. The fourth-order valence-electron chi connectivity index (χ4n) is 1.26. The summed E-state index contributed by atoms with van der Waals surface area (Å²) in [7, 11) is 0. The number of fused-ring (bicyclic) bond motifs is 1. The molecule has 0 aliphatic heterocycles. The maximum absolute atomic E-state index is 4.15. The number of nitrogens with zero attached hydrogens (tertiary/aromatic N) is 1. The number of aryl methyl sites for hydroxylation is 2. The molecule has 86 valence electrons. The first-order valence-corrected chi connectivity index (χ1v) is 5.69. The second kappa shape index (κ2) is 7.04. The van der Waals surface area contributed by atoms with E-state index < -0.39 is 0 Å². The molecule has 2 aromatic rings. The van der Waals surface area contributed by atoms with Crippen molar-refractivity contribution in [3.05, 3.63) is 29.5 Å². The molecule has 0 unspecified atom stereocenters. The number of H-pyrrole nitrogens is 1. The van der Waals surface area contributed by atoms with Gasteiger partial charge in [-0.2, -0.15) is 5.10 Å². The summed E-state index contributed by atoms with van der Waals surface area (Å²) < 4.78 is 0. The summed E-state index contributed by atoms with van der Waals surface area (Å²) in [5.41, 5.74) is 3.45. The molecule has 0 radical (unpaired) electrons. The van der Waals surface area contributed by atoms with Crippen LogP contribution >= 0.6 is 0 Å². The first-order chi connectivity index (χ1) is 7.27. The molecule has 0 bridgehead atoms. The number of aromatic amines is 1. The number of rotatable bonds is 0. The Labute approximate surface area is 94.2 Å². The maximum Gasteiger partial charge on any atom is 0.0926 e. The van der Waals surface area contributed by atoms with Crippen molar-refractivity contribution >= 4 is 10.9 Å².